The van der Waals surface area contributed by atoms with E-state index in [1.807, 2.05) is 12.1 Å². The molecule has 32 heavy (non-hydrogen) atoms. The first kappa shape index (κ1) is 20.6. The van der Waals surface area contributed by atoms with Gasteiger partial charge in [0.1, 0.15) is 5.15 Å². The quantitative estimate of drug-likeness (QED) is 0.416. The number of amides is 1. The first-order chi connectivity index (χ1) is 15.3. The molecule has 0 N–H and O–H groups in total. The lowest BCUT2D eigenvalue weighted by Gasteiger charge is -2.15. The van der Waals surface area contributed by atoms with E-state index in [1.54, 1.807) is 23.4 Å². The minimum absolute atomic E-state index is 0.121. The van der Waals surface area contributed by atoms with Crippen molar-refractivity contribution in [2.24, 2.45) is 0 Å². The van der Waals surface area contributed by atoms with Crippen LogP contribution in [0.25, 0.3) is 16.8 Å². The fourth-order valence-electron chi connectivity index (χ4n) is 4.05. The van der Waals surface area contributed by atoms with Crippen LogP contribution >= 0.6 is 11.6 Å². The van der Waals surface area contributed by atoms with E-state index in [9.17, 15) is 18.0 Å². The summed E-state index contributed by atoms with van der Waals surface area (Å²) in [6.45, 7) is 0.891. The molecule has 0 aliphatic carbocycles. The minimum Gasteiger partial charge on any atom is -0.472 e. The first-order valence-corrected chi connectivity index (χ1v) is 10.2. The lowest BCUT2D eigenvalue weighted by molar-refractivity contribution is -0.136. The second-order valence-electron chi connectivity index (χ2n) is 7.61. The molecule has 0 radical (unpaired) electrons. The van der Waals surface area contributed by atoms with Crippen molar-refractivity contribution in [3.05, 3.63) is 77.4 Å². The molecule has 1 aliphatic heterocycles. The van der Waals surface area contributed by atoms with E-state index in [0.717, 1.165) is 22.5 Å². The summed E-state index contributed by atoms with van der Waals surface area (Å²) in [5.74, 6) is -0.371. The molecule has 0 spiro atoms. The van der Waals surface area contributed by atoms with E-state index in [-0.39, 0.29) is 22.3 Å². The van der Waals surface area contributed by atoms with Gasteiger partial charge in [0.15, 0.2) is 11.3 Å². The lowest BCUT2D eigenvalue weighted by Crippen LogP contribution is -2.29. The highest BCUT2D eigenvalue weighted by atomic mass is 35.5. The number of carbonyl (C=O) groups excluding carboxylic acids is 1. The number of hydrogen-bond donors (Lipinski definition) is 0. The number of hydrogen-bond acceptors (Lipinski definition) is 4. The number of pyridine rings is 2. The molecular weight excluding hydrogens is 445 g/mol. The Bertz CT molecular complexity index is 1290. The summed E-state index contributed by atoms with van der Waals surface area (Å²) < 4.78 is 47.5. The van der Waals surface area contributed by atoms with Crippen LogP contribution in [0.5, 0.6) is 0 Å². The average Bonchev–Trinajstić information content (AvgIpc) is 3.53. The van der Waals surface area contributed by atoms with Gasteiger partial charge in [-0.25, -0.2) is 4.98 Å². The van der Waals surface area contributed by atoms with Crippen LogP contribution in [-0.4, -0.2) is 38.3 Å². The SMILES string of the molecule is O=C(c1nc2c(C(F)(F)F)cc(-c3ccoc3)cn2c1Cl)N1CCC(c2ccncc2)C1. The fourth-order valence-corrected chi connectivity index (χ4v) is 4.30. The second kappa shape index (κ2) is 7.67. The minimum atomic E-state index is -4.68. The van der Waals surface area contributed by atoms with Gasteiger partial charge in [-0.15, -0.1) is 0 Å². The monoisotopic (exact) mass is 460 g/mol. The number of halogens is 4. The van der Waals surface area contributed by atoms with Gasteiger partial charge in [0, 0.05) is 48.7 Å². The average molecular weight is 461 g/mol. The van der Waals surface area contributed by atoms with Crippen molar-refractivity contribution in [2.75, 3.05) is 13.1 Å². The molecule has 10 heteroatoms. The predicted octanol–water partition coefficient (Wildman–Crippen LogP) is 5.29. The molecule has 5 rings (SSSR count). The third-order valence-corrected chi connectivity index (χ3v) is 6.04. The van der Waals surface area contributed by atoms with E-state index in [2.05, 4.69) is 9.97 Å². The molecule has 4 aromatic heterocycles. The number of rotatable bonds is 3. The maximum absolute atomic E-state index is 13.8. The fraction of sp³-hybridized carbons (Fsp3) is 0.227. The predicted molar refractivity (Wildman–Crippen MR) is 110 cm³/mol. The smallest absolute Gasteiger partial charge is 0.420 e. The largest absolute Gasteiger partial charge is 0.472 e. The van der Waals surface area contributed by atoms with E-state index in [1.165, 1.54) is 18.7 Å². The van der Waals surface area contributed by atoms with Gasteiger partial charge in [0.25, 0.3) is 5.91 Å². The van der Waals surface area contributed by atoms with Crippen LogP contribution in [0.15, 0.2) is 59.8 Å². The van der Waals surface area contributed by atoms with Crippen LogP contribution in [0.3, 0.4) is 0 Å². The molecule has 1 saturated heterocycles. The second-order valence-corrected chi connectivity index (χ2v) is 7.97. The normalized spacial score (nSPS) is 16.8. The Balaban J connectivity index is 1.54. The van der Waals surface area contributed by atoms with Crippen LogP contribution in [0.4, 0.5) is 13.2 Å². The molecular formula is C22H16ClF3N4O2. The molecule has 5 heterocycles. The standard InChI is InChI=1S/C22H16ClF3N4O2/c23-19-18(21(31)29-7-3-14(10-29)13-1-5-27-6-2-13)28-20-17(22(24,25)26)9-16(11-30(19)20)15-4-8-32-12-15/h1-2,4-6,8-9,11-12,14H,3,7,10H2. The van der Waals surface area contributed by atoms with Gasteiger partial charge < -0.3 is 9.32 Å². The summed E-state index contributed by atoms with van der Waals surface area (Å²) in [5.41, 5.74) is 0.166. The summed E-state index contributed by atoms with van der Waals surface area (Å²) in [4.78, 5) is 22.7. The molecule has 0 bridgehead atoms. The molecule has 164 valence electrons. The van der Waals surface area contributed by atoms with Crippen molar-refractivity contribution in [3.63, 3.8) is 0 Å². The zero-order chi connectivity index (χ0) is 22.5. The maximum Gasteiger partial charge on any atom is 0.420 e. The Morgan fingerprint density at radius 2 is 1.97 bits per heavy atom. The van der Waals surface area contributed by atoms with Crippen molar-refractivity contribution >= 4 is 23.2 Å². The first-order valence-electron chi connectivity index (χ1n) is 9.83. The number of likely N-dealkylation sites (tertiary alicyclic amines) is 1. The van der Waals surface area contributed by atoms with Crippen molar-refractivity contribution < 1.29 is 22.4 Å². The molecule has 1 unspecified atom stereocenters. The van der Waals surface area contributed by atoms with Gasteiger partial charge in [-0.05, 0) is 36.2 Å². The Morgan fingerprint density at radius 1 is 1.19 bits per heavy atom. The van der Waals surface area contributed by atoms with Crippen molar-refractivity contribution in [2.45, 2.75) is 18.5 Å². The molecule has 1 atom stereocenters. The number of furan rings is 1. The van der Waals surface area contributed by atoms with Gasteiger partial charge in [0.05, 0.1) is 18.1 Å². The van der Waals surface area contributed by atoms with E-state index < -0.39 is 23.3 Å². The third kappa shape index (κ3) is 3.52. The number of carbonyl (C=O) groups is 1. The Morgan fingerprint density at radius 3 is 2.66 bits per heavy atom. The summed E-state index contributed by atoms with van der Waals surface area (Å²) >= 11 is 6.39. The Kier molecular flexibility index (Phi) is 4.93. The topological polar surface area (TPSA) is 63.6 Å². The van der Waals surface area contributed by atoms with Crippen LogP contribution in [0.2, 0.25) is 5.15 Å². The molecule has 1 aliphatic rings. The molecule has 0 saturated carbocycles. The maximum atomic E-state index is 13.8. The van der Waals surface area contributed by atoms with Gasteiger partial charge in [-0.1, -0.05) is 11.6 Å². The number of imidazole rings is 1. The van der Waals surface area contributed by atoms with Crippen LogP contribution < -0.4 is 0 Å². The van der Waals surface area contributed by atoms with E-state index in [0.29, 0.717) is 18.7 Å². The van der Waals surface area contributed by atoms with Crippen molar-refractivity contribution in [1.82, 2.24) is 19.3 Å². The van der Waals surface area contributed by atoms with Crippen LogP contribution in [0.1, 0.15) is 34.0 Å². The van der Waals surface area contributed by atoms with Crippen LogP contribution in [-0.2, 0) is 6.18 Å². The third-order valence-electron chi connectivity index (χ3n) is 5.68. The number of fused-ring (bicyclic) bond motifs is 1. The van der Waals surface area contributed by atoms with E-state index >= 15 is 0 Å². The molecule has 4 aromatic rings. The van der Waals surface area contributed by atoms with E-state index in [4.69, 9.17) is 16.0 Å². The highest BCUT2D eigenvalue weighted by Gasteiger charge is 2.37. The number of aromatic nitrogens is 3. The van der Waals surface area contributed by atoms with Gasteiger partial charge in [-0.3, -0.25) is 14.2 Å². The van der Waals surface area contributed by atoms with Gasteiger partial charge in [-0.2, -0.15) is 13.2 Å². The summed E-state index contributed by atoms with van der Waals surface area (Å²) in [6.07, 6.45) is 3.55. The molecule has 1 amide bonds. The lowest BCUT2D eigenvalue weighted by atomic mass is 10.00. The zero-order valence-electron chi connectivity index (χ0n) is 16.5. The summed E-state index contributed by atoms with van der Waals surface area (Å²) in [5, 5.41) is -0.159. The Hall–Kier alpha value is -3.33. The number of alkyl halides is 3. The Labute approximate surface area is 185 Å². The number of nitrogens with zero attached hydrogens (tertiary/aromatic N) is 4. The zero-order valence-corrected chi connectivity index (χ0v) is 17.3. The van der Waals surface area contributed by atoms with Crippen LogP contribution in [0, 0.1) is 0 Å². The highest BCUT2D eigenvalue weighted by Crippen LogP contribution is 2.37. The molecule has 1 fully saturated rings. The summed E-state index contributed by atoms with van der Waals surface area (Å²) in [7, 11) is 0. The summed E-state index contributed by atoms with van der Waals surface area (Å²) in [6, 6.07) is 6.31. The van der Waals surface area contributed by atoms with Gasteiger partial charge in [0.2, 0.25) is 0 Å². The molecule has 0 aromatic carbocycles. The molecule has 6 nitrogen and oxygen atoms in total. The van der Waals surface area contributed by atoms with Gasteiger partial charge >= 0.3 is 6.18 Å². The van der Waals surface area contributed by atoms with Crippen molar-refractivity contribution in [3.8, 4) is 11.1 Å². The highest BCUT2D eigenvalue weighted by molar-refractivity contribution is 6.33. The van der Waals surface area contributed by atoms with Crippen molar-refractivity contribution in [1.29, 1.82) is 0 Å².